The van der Waals surface area contributed by atoms with E-state index >= 15 is 19.2 Å². The number of urea groups is 2. The Morgan fingerprint density at radius 3 is 2.24 bits per heavy atom. The first-order chi connectivity index (χ1) is 34.4. The van der Waals surface area contributed by atoms with Crippen molar-refractivity contribution in [1.82, 2.24) is 20.5 Å². The number of thiazole rings is 1. The number of ether oxygens (including phenoxy) is 3. The highest BCUT2D eigenvalue weighted by molar-refractivity contribution is 7.22. The molecule has 2 fully saturated rings. The minimum atomic E-state index is -2.19. The monoisotopic (exact) mass is 975 g/mol. The van der Waals surface area contributed by atoms with Gasteiger partial charge in [0.25, 0.3) is 0 Å². The van der Waals surface area contributed by atoms with Gasteiger partial charge in [0.15, 0.2) is 5.13 Å². The number of aliphatic hydroxyl groups excluding tert-OH is 1. The summed E-state index contributed by atoms with van der Waals surface area (Å²) in [5.41, 5.74) is 6.05. The third kappa shape index (κ3) is 8.79. The van der Waals surface area contributed by atoms with Gasteiger partial charge in [0, 0.05) is 5.56 Å². The van der Waals surface area contributed by atoms with Crippen LogP contribution in [0.3, 0.4) is 0 Å². The Morgan fingerprint density at radius 1 is 0.887 bits per heavy atom. The Bertz CT molecular complexity index is 3050. The Kier molecular flexibility index (Phi) is 13.6. The Balaban J connectivity index is 1.35. The lowest BCUT2D eigenvalue weighted by molar-refractivity contribution is -0.177. The number of benzene rings is 5. The van der Waals surface area contributed by atoms with Gasteiger partial charge in [0.1, 0.15) is 36.0 Å². The van der Waals surface area contributed by atoms with Gasteiger partial charge in [-0.2, -0.15) is 0 Å². The molecule has 7 atom stereocenters. The number of carbonyl (C=O) groups is 6. The summed E-state index contributed by atoms with van der Waals surface area (Å²) < 4.78 is 18.2. The maximum atomic E-state index is 16.6. The minimum Gasteiger partial charge on any atom is -0.491 e. The van der Waals surface area contributed by atoms with Crippen molar-refractivity contribution >= 4 is 68.2 Å². The van der Waals surface area contributed by atoms with E-state index in [-0.39, 0.29) is 36.1 Å². The number of amides is 6. The highest BCUT2D eigenvalue weighted by Crippen LogP contribution is 2.66. The summed E-state index contributed by atoms with van der Waals surface area (Å²) in [7, 11) is 1.19. The van der Waals surface area contributed by atoms with E-state index in [4.69, 9.17) is 24.9 Å². The summed E-state index contributed by atoms with van der Waals surface area (Å²) in [6.45, 7) is 3.03. The molecule has 6 aromatic rings. The lowest BCUT2D eigenvalue weighted by Gasteiger charge is -2.46. The maximum Gasteiger partial charge on any atom is 0.329 e. The van der Waals surface area contributed by atoms with Gasteiger partial charge in [-0.1, -0.05) is 122 Å². The number of morpholine rings is 1. The molecule has 6 N–H and O–H groups in total. The second-order valence-electron chi connectivity index (χ2n) is 17.5. The van der Waals surface area contributed by atoms with Crippen LogP contribution in [0.1, 0.15) is 59.9 Å². The van der Waals surface area contributed by atoms with Crippen molar-refractivity contribution in [2.75, 3.05) is 37.1 Å². The van der Waals surface area contributed by atoms with E-state index in [0.717, 1.165) is 9.60 Å². The summed E-state index contributed by atoms with van der Waals surface area (Å²) >= 11 is 1.20. The van der Waals surface area contributed by atoms with Crippen molar-refractivity contribution < 1.29 is 48.1 Å². The molecule has 6 amide bonds. The number of nitrogens with two attached hydrogens (primary N) is 1. The molecule has 5 aromatic carbocycles. The van der Waals surface area contributed by atoms with Crippen LogP contribution in [0.25, 0.3) is 10.2 Å². The van der Waals surface area contributed by atoms with Gasteiger partial charge in [0.2, 0.25) is 11.8 Å². The Labute approximate surface area is 412 Å². The minimum absolute atomic E-state index is 0.00669. The number of primary amides is 1. The predicted octanol–water partition coefficient (Wildman–Crippen LogP) is 5.90. The normalized spacial score (nSPS) is 21.6. The number of aliphatic hydroxyl groups is 1. The molecule has 0 aliphatic carbocycles. The molecule has 362 valence electrons. The Morgan fingerprint density at radius 2 is 1.58 bits per heavy atom. The predicted molar refractivity (Wildman–Crippen MR) is 263 cm³/mol. The number of methoxy groups -OCH3 is 1. The summed E-state index contributed by atoms with van der Waals surface area (Å²) in [5, 5.41) is 18.0. The summed E-state index contributed by atoms with van der Waals surface area (Å²) in [6, 6.07) is 30.7. The fourth-order valence-corrected chi connectivity index (χ4v) is 11.0. The van der Waals surface area contributed by atoms with E-state index < -0.39 is 83.3 Å². The van der Waals surface area contributed by atoms with E-state index in [1.165, 1.54) is 24.5 Å². The molecule has 18 heteroatoms. The first-order valence-electron chi connectivity index (χ1n) is 22.8. The van der Waals surface area contributed by atoms with Crippen molar-refractivity contribution in [3.05, 3.63) is 155 Å². The first kappa shape index (κ1) is 47.9. The summed E-state index contributed by atoms with van der Waals surface area (Å²) in [6.07, 6.45) is -0.989. The number of hydrogen-bond acceptors (Lipinski definition) is 13. The zero-order valence-corrected chi connectivity index (χ0v) is 39.6. The van der Waals surface area contributed by atoms with E-state index in [1.54, 1.807) is 56.3 Å². The highest BCUT2D eigenvalue weighted by Gasteiger charge is 2.75. The van der Waals surface area contributed by atoms with Gasteiger partial charge in [-0.25, -0.2) is 24.3 Å². The van der Waals surface area contributed by atoms with Gasteiger partial charge in [0.05, 0.1) is 54.2 Å². The van der Waals surface area contributed by atoms with Gasteiger partial charge in [-0.3, -0.25) is 19.3 Å². The fraction of sp³-hybridized carbons (Fsp3) is 0.264. The molecule has 4 heterocycles. The molecule has 0 saturated carbocycles. The number of nitrogens with one attached hydrogen (secondary N) is 3. The zero-order chi connectivity index (χ0) is 50.0. The Hall–Kier alpha value is -8.11. The molecule has 0 radical (unpaired) electrons. The third-order valence-corrected chi connectivity index (χ3v) is 14.0. The highest BCUT2D eigenvalue weighted by atomic mass is 32.1. The van der Waals surface area contributed by atoms with Crippen LogP contribution in [0, 0.1) is 23.7 Å². The van der Waals surface area contributed by atoms with Crippen LogP contribution in [-0.4, -0.2) is 89.8 Å². The van der Waals surface area contributed by atoms with Crippen LogP contribution >= 0.6 is 11.3 Å². The number of anilines is 2. The standard InChI is InChI=1S/C53H49N7O10S/c1-30(2)41(47(63)68-3)57-52(67)59-38-25-20-31(13-12-26-55-50(54)66)29-36(38)53(49(59)65)40(46(62)58-51-56-37-18-10-11-19-39(37)71-51)43-48(64)70-44(33-16-8-5-9-17-33)42(32-14-6-4-7-15-32)60(43)45(53)34-21-23-35(24-22-34)69-28-27-61/h4-11,14-25,29-30,40-45,61H,26-28H2,1-3H3,(H,57,67)(H3,54,55,66)(H,56,58,62)/t40-,41+,42-,43-,44+,45+,53-/m1/s1. The topological polar surface area (TPSA) is 232 Å². The second kappa shape index (κ2) is 20.1. The third-order valence-electron chi connectivity index (χ3n) is 13.0. The summed E-state index contributed by atoms with van der Waals surface area (Å²) in [4.78, 5) is 95.4. The van der Waals surface area contributed by atoms with Crippen LogP contribution in [-0.2, 0) is 34.1 Å². The van der Waals surface area contributed by atoms with E-state index in [1.807, 2.05) is 83.8 Å². The second-order valence-corrected chi connectivity index (χ2v) is 18.5. The molecule has 0 unspecified atom stereocenters. The number of rotatable bonds is 12. The number of fused-ring (bicyclic) bond motifs is 4. The fourth-order valence-electron chi connectivity index (χ4n) is 10.1. The molecular formula is C53H49N7O10S. The largest absolute Gasteiger partial charge is 0.491 e. The summed E-state index contributed by atoms with van der Waals surface area (Å²) in [5.74, 6) is 0.880. The van der Waals surface area contributed by atoms with Crippen LogP contribution < -0.4 is 31.3 Å². The number of cyclic esters (lactones) is 1. The molecule has 71 heavy (non-hydrogen) atoms. The number of carbonyl (C=O) groups excluding carboxylic acids is 6. The molecule has 9 rings (SSSR count). The number of nitrogens with zero attached hydrogens (tertiary/aromatic N) is 3. The van der Waals surface area contributed by atoms with Crippen molar-refractivity contribution in [1.29, 1.82) is 0 Å². The quantitative estimate of drug-likeness (QED) is 0.0713. The molecule has 1 spiro atoms. The SMILES string of the molecule is COC(=O)[C@@H](NC(=O)N1C(=O)[C@@]2(c3cc(C#CCNC(N)=O)ccc31)[C@H](c1ccc(OCCO)cc1)N1[C@H](c3ccccc3)[C@H](c3ccccc3)OC(=O)[C@H]1[C@@H]2C(=O)Nc1nc2ccccc2s1)C(C)C. The number of esters is 2. The zero-order valence-electron chi connectivity index (χ0n) is 38.7. The molecule has 0 bridgehead atoms. The van der Waals surface area contributed by atoms with Gasteiger partial charge in [-0.05, 0) is 70.6 Å². The average Bonchev–Trinajstić information content (AvgIpc) is 4.02. The van der Waals surface area contributed by atoms with Crippen LogP contribution in [0.2, 0.25) is 0 Å². The maximum absolute atomic E-state index is 16.6. The van der Waals surface area contributed by atoms with Gasteiger partial charge >= 0.3 is 24.0 Å². The average molecular weight is 976 g/mol. The first-order valence-corrected chi connectivity index (χ1v) is 23.7. The number of aromatic nitrogens is 1. The van der Waals surface area contributed by atoms with Crippen LogP contribution in [0.5, 0.6) is 5.75 Å². The van der Waals surface area contributed by atoms with E-state index in [9.17, 15) is 14.7 Å². The van der Waals surface area contributed by atoms with Crippen molar-refractivity contribution in [2.45, 2.75) is 49.5 Å². The van der Waals surface area contributed by atoms with Crippen molar-refractivity contribution in [3.8, 4) is 17.6 Å². The van der Waals surface area contributed by atoms with Crippen LogP contribution in [0.15, 0.2) is 127 Å². The molecule has 3 aliphatic heterocycles. The molecule has 1 aromatic heterocycles. The van der Waals surface area contributed by atoms with Crippen molar-refractivity contribution in [3.63, 3.8) is 0 Å². The lowest BCUT2D eigenvalue weighted by atomic mass is 9.65. The van der Waals surface area contributed by atoms with Gasteiger partial charge < -0.3 is 41.0 Å². The van der Waals surface area contributed by atoms with Gasteiger partial charge in [-0.15, -0.1) is 0 Å². The number of imide groups is 1. The number of para-hydroxylation sites is 1. The van der Waals surface area contributed by atoms with Crippen molar-refractivity contribution in [2.24, 2.45) is 17.6 Å². The molecular weight excluding hydrogens is 927 g/mol. The molecule has 2 saturated heterocycles. The van der Waals surface area contributed by atoms with E-state index in [2.05, 4.69) is 27.8 Å². The van der Waals surface area contributed by atoms with Crippen LogP contribution in [0.4, 0.5) is 20.4 Å². The smallest absolute Gasteiger partial charge is 0.329 e. The molecule has 17 nitrogen and oxygen atoms in total. The molecule has 3 aliphatic rings. The number of hydrogen-bond donors (Lipinski definition) is 5. The van der Waals surface area contributed by atoms with E-state index in [0.29, 0.717) is 33.5 Å². The lowest BCUT2D eigenvalue weighted by Crippen LogP contribution is -2.57.